The van der Waals surface area contributed by atoms with Gasteiger partial charge in [0, 0.05) is 25.0 Å². The van der Waals surface area contributed by atoms with E-state index in [1.165, 1.54) is 38.5 Å². The van der Waals surface area contributed by atoms with E-state index >= 15 is 0 Å². The lowest BCUT2D eigenvalue weighted by molar-refractivity contribution is -0.147. The molecular formula is C25H39NO3. The van der Waals surface area contributed by atoms with Crippen LogP contribution in [-0.2, 0) is 14.3 Å². The molecule has 3 heterocycles. The van der Waals surface area contributed by atoms with Gasteiger partial charge >= 0.3 is 5.97 Å². The largest absolute Gasteiger partial charge is 0.462 e. The number of carbonyl (C=O) groups is 1. The van der Waals surface area contributed by atoms with Crippen LogP contribution in [0.5, 0.6) is 0 Å². The van der Waals surface area contributed by atoms with Gasteiger partial charge < -0.3 is 9.47 Å². The van der Waals surface area contributed by atoms with Crippen LogP contribution in [-0.4, -0.2) is 48.3 Å². The summed E-state index contributed by atoms with van der Waals surface area (Å²) in [7, 11) is 0. The topological polar surface area (TPSA) is 42.1 Å². The Bertz CT molecular complexity index is 730. The number of epoxide rings is 1. The van der Waals surface area contributed by atoms with Gasteiger partial charge in [-0.15, -0.1) is 0 Å². The second kappa shape index (κ2) is 5.79. The van der Waals surface area contributed by atoms with Crippen molar-refractivity contribution in [3.8, 4) is 0 Å². The zero-order valence-electron chi connectivity index (χ0n) is 18.8. The van der Waals surface area contributed by atoms with Crippen molar-refractivity contribution in [1.29, 1.82) is 0 Å². The number of esters is 1. The highest BCUT2D eigenvalue weighted by Crippen LogP contribution is 2.63. The first kappa shape index (κ1) is 19.1. The van der Waals surface area contributed by atoms with Crippen LogP contribution in [0.2, 0.25) is 0 Å². The van der Waals surface area contributed by atoms with Crippen LogP contribution in [0, 0.1) is 34.0 Å². The van der Waals surface area contributed by atoms with Crippen LogP contribution in [0.1, 0.15) is 79.1 Å². The third kappa shape index (κ3) is 2.87. The molecule has 0 unspecified atom stereocenters. The standard InChI is InChI=1S/C25H39NO3/c1-22(2)9-16-10-23(3,13-22)14-26(16)12-18-17-8-20-24(4,11-19(17)29-21(18)27)6-5-7-25(20)15-28-25/h16-20H,5-15H2,1-4H3/t16-,17+,18-,19+,20-,23+,24+,25+/m0/s1. The summed E-state index contributed by atoms with van der Waals surface area (Å²) in [6.45, 7) is 12.8. The molecule has 0 radical (unpaired) electrons. The van der Waals surface area contributed by atoms with Crippen molar-refractivity contribution < 1.29 is 14.3 Å². The summed E-state index contributed by atoms with van der Waals surface area (Å²) >= 11 is 0. The molecule has 4 heteroatoms. The summed E-state index contributed by atoms with van der Waals surface area (Å²) in [4.78, 5) is 15.7. The summed E-state index contributed by atoms with van der Waals surface area (Å²) in [6.07, 6.45) is 10.0. The SMILES string of the molecule is CC1(C)C[C@H]2C[C@@](C)(CN2C[C@@H]2C(=O)O[C@@H]3C[C@@]4(C)CCC[C@@]5(CO5)[C@H]4C[C@H]23)C1. The third-order valence-corrected chi connectivity index (χ3v) is 10.0. The van der Waals surface area contributed by atoms with Crippen molar-refractivity contribution in [3.63, 3.8) is 0 Å². The van der Waals surface area contributed by atoms with Crippen molar-refractivity contribution in [2.45, 2.75) is 96.8 Å². The van der Waals surface area contributed by atoms with Gasteiger partial charge in [0.2, 0.25) is 0 Å². The molecule has 3 saturated heterocycles. The Kier molecular flexibility index (Phi) is 3.82. The molecule has 3 saturated carbocycles. The minimum absolute atomic E-state index is 0.0772. The highest BCUT2D eigenvalue weighted by Gasteiger charge is 2.65. The Morgan fingerprint density at radius 3 is 2.66 bits per heavy atom. The zero-order valence-corrected chi connectivity index (χ0v) is 18.8. The maximum Gasteiger partial charge on any atom is 0.310 e. The molecule has 0 amide bonds. The number of carbonyl (C=O) groups excluding carboxylic acids is 1. The molecule has 0 N–H and O–H groups in total. The van der Waals surface area contributed by atoms with E-state index in [4.69, 9.17) is 9.47 Å². The number of fused-ring (bicyclic) bond motifs is 5. The van der Waals surface area contributed by atoms with Gasteiger partial charge in [-0.05, 0) is 73.5 Å². The van der Waals surface area contributed by atoms with Gasteiger partial charge in [-0.25, -0.2) is 0 Å². The van der Waals surface area contributed by atoms with Crippen molar-refractivity contribution in [2.75, 3.05) is 19.7 Å². The molecule has 3 aliphatic heterocycles. The average Bonchev–Trinajstić information content (AvgIpc) is 3.23. The minimum atomic E-state index is 0.0772. The van der Waals surface area contributed by atoms with Crippen LogP contribution < -0.4 is 0 Å². The van der Waals surface area contributed by atoms with Gasteiger partial charge in [0.1, 0.15) is 6.10 Å². The molecule has 3 aliphatic carbocycles. The van der Waals surface area contributed by atoms with E-state index in [2.05, 4.69) is 32.6 Å². The van der Waals surface area contributed by atoms with Crippen LogP contribution >= 0.6 is 0 Å². The van der Waals surface area contributed by atoms with E-state index in [0.29, 0.717) is 34.1 Å². The highest BCUT2D eigenvalue weighted by atomic mass is 16.6. The van der Waals surface area contributed by atoms with Gasteiger partial charge in [-0.2, -0.15) is 0 Å². The van der Waals surface area contributed by atoms with Crippen molar-refractivity contribution >= 4 is 5.97 Å². The molecular weight excluding hydrogens is 362 g/mol. The Labute approximate surface area is 176 Å². The molecule has 0 aromatic carbocycles. The molecule has 8 atom stereocenters. The third-order valence-electron chi connectivity index (χ3n) is 10.0. The van der Waals surface area contributed by atoms with Gasteiger partial charge in [0.05, 0.1) is 18.1 Å². The fraction of sp³-hybridized carbons (Fsp3) is 0.960. The summed E-state index contributed by atoms with van der Waals surface area (Å²) in [5, 5.41) is 0. The smallest absolute Gasteiger partial charge is 0.310 e. The predicted molar refractivity (Wildman–Crippen MR) is 111 cm³/mol. The number of ether oxygens (including phenoxy) is 2. The maximum atomic E-state index is 13.0. The summed E-state index contributed by atoms with van der Waals surface area (Å²) in [5.74, 6) is 1.20. The molecule has 2 bridgehead atoms. The quantitative estimate of drug-likeness (QED) is 0.508. The Morgan fingerprint density at radius 1 is 1.10 bits per heavy atom. The first-order chi connectivity index (χ1) is 13.6. The molecule has 162 valence electrons. The van der Waals surface area contributed by atoms with Gasteiger partial charge in [-0.3, -0.25) is 9.69 Å². The lowest BCUT2D eigenvalue weighted by atomic mass is 9.53. The predicted octanol–water partition coefficient (Wildman–Crippen LogP) is 4.41. The Hall–Kier alpha value is -0.610. The normalized spacial score (nSPS) is 55.4. The number of nitrogens with zero attached hydrogens (tertiary/aromatic N) is 1. The molecule has 0 aromatic heterocycles. The van der Waals surface area contributed by atoms with Crippen LogP contribution in [0.3, 0.4) is 0 Å². The summed E-state index contributed by atoms with van der Waals surface area (Å²) in [6, 6.07) is 0.650. The molecule has 29 heavy (non-hydrogen) atoms. The van der Waals surface area contributed by atoms with E-state index in [9.17, 15) is 4.79 Å². The van der Waals surface area contributed by atoms with Gasteiger partial charge in [0.15, 0.2) is 0 Å². The number of hydrogen-bond donors (Lipinski definition) is 0. The summed E-state index contributed by atoms with van der Waals surface area (Å²) in [5.41, 5.74) is 1.30. The van der Waals surface area contributed by atoms with Gasteiger partial charge in [-0.1, -0.05) is 27.7 Å². The monoisotopic (exact) mass is 401 g/mol. The van der Waals surface area contributed by atoms with E-state index in [1.807, 2.05) is 0 Å². The molecule has 0 aromatic rings. The first-order valence-electron chi connectivity index (χ1n) is 12.2. The lowest BCUT2D eigenvalue weighted by Gasteiger charge is -2.51. The van der Waals surface area contributed by atoms with E-state index < -0.39 is 0 Å². The minimum Gasteiger partial charge on any atom is -0.462 e. The van der Waals surface area contributed by atoms with Gasteiger partial charge in [0.25, 0.3) is 0 Å². The molecule has 6 aliphatic rings. The van der Waals surface area contributed by atoms with Crippen molar-refractivity contribution in [1.82, 2.24) is 4.90 Å². The molecule has 1 spiro atoms. The zero-order chi connectivity index (χ0) is 20.2. The van der Waals surface area contributed by atoms with E-state index in [1.54, 1.807) is 0 Å². The summed E-state index contributed by atoms with van der Waals surface area (Å²) < 4.78 is 12.1. The number of rotatable bonds is 2. The molecule has 4 nitrogen and oxygen atoms in total. The molecule has 6 fully saturated rings. The fourth-order valence-electron chi connectivity index (χ4n) is 9.21. The van der Waals surface area contributed by atoms with Crippen molar-refractivity contribution in [3.05, 3.63) is 0 Å². The lowest BCUT2D eigenvalue weighted by Crippen LogP contribution is -2.51. The Balaban J connectivity index is 1.22. The number of hydrogen-bond acceptors (Lipinski definition) is 4. The van der Waals surface area contributed by atoms with E-state index in [0.717, 1.165) is 32.5 Å². The highest BCUT2D eigenvalue weighted by molar-refractivity contribution is 5.75. The second-order valence-electron chi connectivity index (χ2n) is 13.2. The second-order valence-corrected chi connectivity index (χ2v) is 13.2. The number of likely N-dealkylation sites (tertiary alicyclic amines) is 1. The van der Waals surface area contributed by atoms with Crippen molar-refractivity contribution in [2.24, 2.45) is 34.0 Å². The first-order valence-corrected chi connectivity index (χ1v) is 12.2. The maximum absolute atomic E-state index is 13.0. The molecule has 6 rings (SSSR count). The fourth-order valence-corrected chi connectivity index (χ4v) is 9.21. The van der Waals surface area contributed by atoms with Crippen LogP contribution in [0.4, 0.5) is 0 Å². The Morgan fingerprint density at radius 2 is 1.90 bits per heavy atom. The average molecular weight is 402 g/mol. The van der Waals surface area contributed by atoms with Crippen LogP contribution in [0.25, 0.3) is 0 Å². The van der Waals surface area contributed by atoms with Crippen LogP contribution in [0.15, 0.2) is 0 Å². The van der Waals surface area contributed by atoms with E-state index in [-0.39, 0.29) is 23.6 Å².